The van der Waals surface area contributed by atoms with Crippen molar-refractivity contribution in [2.45, 2.75) is 19.8 Å². The molecule has 5 heteroatoms. The summed E-state index contributed by atoms with van der Waals surface area (Å²) in [6.45, 7) is 4.31. The number of rotatable bonds is 2. The summed E-state index contributed by atoms with van der Waals surface area (Å²) in [5.41, 5.74) is 1.22. The summed E-state index contributed by atoms with van der Waals surface area (Å²) in [4.78, 5) is 5.25. The SMILES string of the molecule is CNc1nc2scc(C(C)C)n2n1. The molecule has 0 saturated carbocycles. The van der Waals surface area contributed by atoms with Crippen LogP contribution < -0.4 is 5.32 Å². The molecule has 2 aromatic rings. The molecule has 0 saturated heterocycles. The van der Waals surface area contributed by atoms with Crippen LogP contribution in [0, 0.1) is 0 Å². The third-order valence-electron chi connectivity index (χ3n) is 1.92. The van der Waals surface area contributed by atoms with Crippen molar-refractivity contribution in [2.75, 3.05) is 12.4 Å². The normalized spacial score (nSPS) is 11.4. The second-order valence-corrected chi connectivity index (χ2v) is 4.03. The maximum Gasteiger partial charge on any atom is 0.243 e. The summed E-state index contributed by atoms with van der Waals surface area (Å²) >= 11 is 1.63. The highest BCUT2D eigenvalue weighted by molar-refractivity contribution is 7.15. The van der Waals surface area contributed by atoms with Gasteiger partial charge in [0, 0.05) is 12.4 Å². The van der Waals surface area contributed by atoms with Crippen molar-refractivity contribution >= 4 is 22.2 Å². The Morgan fingerprint density at radius 1 is 1.54 bits per heavy atom. The maximum atomic E-state index is 4.32. The van der Waals surface area contributed by atoms with Gasteiger partial charge in [-0.3, -0.25) is 0 Å². The molecule has 13 heavy (non-hydrogen) atoms. The fraction of sp³-hybridized carbons (Fsp3) is 0.500. The lowest BCUT2D eigenvalue weighted by molar-refractivity contribution is 0.769. The highest BCUT2D eigenvalue weighted by Crippen LogP contribution is 2.21. The van der Waals surface area contributed by atoms with Gasteiger partial charge in [-0.05, 0) is 5.92 Å². The third kappa shape index (κ3) is 1.29. The van der Waals surface area contributed by atoms with Crippen molar-refractivity contribution in [3.63, 3.8) is 0 Å². The number of aromatic nitrogens is 3. The van der Waals surface area contributed by atoms with Crippen molar-refractivity contribution in [3.8, 4) is 0 Å². The molecule has 2 rings (SSSR count). The van der Waals surface area contributed by atoms with E-state index in [0.29, 0.717) is 11.9 Å². The second kappa shape index (κ2) is 2.99. The summed E-state index contributed by atoms with van der Waals surface area (Å²) in [6.07, 6.45) is 0. The van der Waals surface area contributed by atoms with Gasteiger partial charge in [0.2, 0.25) is 10.9 Å². The van der Waals surface area contributed by atoms with Crippen LogP contribution in [0.4, 0.5) is 5.95 Å². The van der Waals surface area contributed by atoms with Crippen LogP contribution >= 0.6 is 11.3 Å². The molecule has 0 aromatic carbocycles. The molecule has 0 amide bonds. The van der Waals surface area contributed by atoms with Gasteiger partial charge in [0.05, 0.1) is 5.69 Å². The number of hydrogen-bond donors (Lipinski definition) is 1. The summed E-state index contributed by atoms with van der Waals surface area (Å²) in [6, 6.07) is 0. The number of anilines is 1. The lowest BCUT2D eigenvalue weighted by Gasteiger charge is -1.99. The van der Waals surface area contributed by atoms with Crippen LogP contribution in [0.15, 0.2) is 5.38 Å². The molecule has 1 N–H and O–H groups in total. The largest absolute Gasteiger partial charge is 0.356 e. The molecular weight excluding hydrogens is 184 g/mol. The summed E-state index contributed by atoms with van der Waals surface area (Å²) < 4.78 is 1.90. The molecule has 2 heterocycles. The average Bonchev–Trinajstić information content (AvgIpc) is 2.59. The summed E-state index contributed by atoms with van der Waals surface area (Å²) in [7, 11) is 1.83. The van der Waals surface area contributed by atoms with Gasteiger partial charge in [0.1, 0.15) is 0 Å². The first-order valence-corrected chi connectivity index (χ1v) is 5.12. The third-order valence-corrected chi connectivity index (χ3v) is 2.76. The Hall–Kier alpha value is -1.10. The zero-order valence-electron chi connectivity index (χ0n) is 7.90. The first kappa shape index (κ1) is 8.50. The van der Waals surface area contributed by atoms with E-state index in [1.54, 1.807) is 11.3 Å². The predicted molar refractivity (Wildman–Crippen MR) is 54.5 cm³/mol. The number of nitrogens with one attached hydrogen (secondary N) is 1. The highest BCUT2D eigenvalue weighted by Gasteiger charge is 2.10. The smallest absolute Gasteiger partial charge is 0.243 e. The van der Waals surface area contributed by atoms with E-state index >= 15 is 0 Å². The molecule has 0 unspecified atom stereocenters. The Morgan fingerprint density at radius 3 is 2.92 bits per heavy atom. The monoisotopic (exact) mass is 196 g/mol. The van der Waals surface area contributed by atoms with Crippen LogP contribution in [0.25, 0.3) is 4.96 Å². The molecule has 0 spiro atoms. The molecule has 0 bridgehead atoms. The molecule has 2 aromatic heterocycles. The number of hydrogen-bond acceptors (Lipinski definition) is 4. The average molecular weight is 196 g/mol. The first-order chi connectivity index (χ1) is 6.22. The van der Waals surface area contributed by atoms with Crippen LogP contribution in [0.5, 0.6) is 0 Å². The number of thiazole rings is 1. The minimum Gasteiger partial charge on any atom is -0.356 e. The van der Waals surface area contributed by atoms with E-state index in [1.165, 1.54) is 5.69 Å². The molecule has 0 atom stereocenters. The molecule has 0 fully saturated rings. The van der Waals surface area contributed by atoms with E-state index in [-0.39, 0.29) is 0 Å². The molecule has 0 aliphatic carbocycles. The van der Waals surface area contributed by atoms with Crippen LogP contribution in [0.2, 0.25) is 0 Å². The van der Waals surface area contributed by atoms with E-state index < -0.39 is 0 Å². The maximum absolute atomic E-state index is 4.32. The van der Waals surface area contributed by atoms with Crippen LogP contribution in [-0.4, -0.2) is 21.6 Å². The molecule has 0 aliphatic rings. The van der Waals surface area contributed by atoms with Crippen LogP contribution in [0.1, 0.15) is 25.5 Å². The minimum absolute atomic E-state index is 0.486. The number of fused-ring (bicyclic) bond motifs is 1. The van der Waals surface area contributed by atoms with Crippen molar-refractivity contribution in [1.82, 2.24) is 14.6 Å². The molecule has 0 aliphatic heterocycles. The zero-order chi connectivity index (χ0) is 9.42. The van der Waals surface area contributed by atoms with Crippen molar-refractivity contribution < 1.29 is 0 Å². The lowest BCUT2D eigenvalue weighted by atomic mass is 10.2. The Labute approximate surface area is 80.6 Å². The van der Waals surface area contributed by atoms with E-state index in [4.69, 9.17) is 0 Å². The fourth-order valence-electron chi connectivity index (χ4n) is 1.19. The van der Waals surface area contributed by atoms with Crippen molar-refractivity contribution in [2.24, 2.45) is 0 Å². The first-order valence-electron chi connectivity index (χ1n) is 4.24. The highest BCUT2D eigenvalue weighted by atomic mass is 32.1. The quantitative estimate of drug-likeness (QED) is 0.798. The Balaban J connectivity index is 2.58. The number of nitrogens with zero attached hydrogens (tertiary/aromatic N) is 3. The Morgan fingerprint density at radius 2 is 2.31 bits per heavy atom. The van der Waals surface area contributed by atoms with Crippen molar-refractivity contribution in [1.29, 1.82) is 0 Å². The molecule has 0 radical (unpaired) electrons. The van der Waals surface area contributed by atoms with Gasteiger partial charge in [-0.25, -0.2) is 4.52 Å². The van der Waals surface area contributed by atoms with E-state index in [2.05, 4.69) is 34.6 Å². The minimum atomic E-state index is 0.486. The summed E-state index contributed by atoms with van der Waals surface area (Å²) in [5, 5.41) is 9.36. The van der Waals surface area contributed by atoms with Gasteiger partial charge >= 0.3 is 0 Å². The van der Waals surface area contributed by atoms with Gasteiger partial charge in [-0.15, -0.1) is 16.4 Å². The van der Waals surface area contributed by atoms with Gasteiger partial charge in [0.25, 0.3) is 0 Å². The molecular formula is C8H12N4S. The van der Waals surface area contributed by atoms with Crippen molar-refractivity contribution in [3.05, 3.63) is 11.1 Å². The van der Waals surface area contributed by atoms with Crippen LogP contribution in [-0.2, 0) is 0 Å². The molecule has 70 valence electrons. The van der Waals surface area contributed by atoms with E-state index in [0.717, 1.165) is 4.96 Å². The van der Waals surface area contributed by atoms with Gasteiger partial charge in [-0.1, -0.05) is 13.8 Å². The Kier molecular flexibility index (Phi) is 1.95. The van der Waals surface area contributed by atoms with Gasteiger partial charge in [0.15, 0.2) is 0 Å². The van der Waals surface area contributed by atoms with E-state index in [9.17, 15) is 0 Å². The fourth-order valence-corrected chi connectivity index (χ4v) is 2.18. The van der Waals surface area contributed by atoms with Crippen LogP contribution in [0.3, 0.4) is 0 Å². The second-order valence-electron chi connectivity index (χ2n) is 3.20. The topological polar surface area (TPSA) is 42.2 Å². The molecule has 4 nitrogen and oxygen atoms in total. The van der Waals surface area contributed by atoms with Gasteiger partial charge < -0.3 is 5.32 Å². The zero-order valence-corrected chi connectivity index (χ0v) is 8.72. The predicted octanol–water partition coefficient (Wildman–Crippen LogP) is 1.96. The summed E-state index contributed by atoms with van der Waals surface area (Å²) in [5.74, 6) is 1.17. The Bertz CT molecular complexity index is 415. The van der Waals surface area contributed by atoms with E-state index in [1.807, 2.05) is 11.6 Å². The van der Waals surface area contributed by atoms with Gasteiger partial charge in [-0.2, -0.15) is 4.98 Å². The standard InChI is InChI=1S/C8H12N4S/c1-5(2)6-4-13-8-10-7(9-3)11-12(6)8/h4-5H,1-3H3,(H,9,11). The lowest BCUT2D eigenvalue weighted by Crippen LogP contribution is -1.96.